The Balaban J connectivity index is 3.63. The molecule has 90 valence electrons. The predicted octanol–water partition coefficient (Wildman–Crippen LogP) is -0.500. The van der Waals surface area contributed by atoms with Gasteiger partial charge < -0.3 is 20.5 Å². The van der Waals surface area contributed by atoms with Gasteiger partial charge in [0, 0.05) is 25.8 Å². The molecule has 5 heteroatoms. The maximum absolute atomic E-state index is 11.4. The van der Waals surface area contributed by atoms with Crippen molar-refractivity contribution in [2.45, 2.75) is 25.8 Å². The predicted molar refractivity (Wildman–Crippen MR) is 58.7 cm³/mol. The van der Waals surface area contributed by atoms with Crippen LogP contribution in [0.3, 0.4) is 0 Å². The number of hydrogen-bond donors (Lipinski definition) is 3. The molecule has 0 aliphatic carbocycles. The molecule has 0 aliphatic heterocycles. The summed E-state index contributed by atoms with van der Waals surface area (Å²) in [5.74, 6) is -0.0652. The standard InChI is InChI=1S/C10H22N2O3/c1-10(2,4-6-13)12-9(14)8-11-5-7-15-3/h11,13H,4-8H2,1-3H3,(H,12,14). The maximum Gasteiger partial charge on any atom is 0.234 e. The van der Waals surface area contributed by atoms with Gasteiger partial charge in [0.05, 0.1) is 13.2 Å². The lowest BCUT2D eigenvalue weighted by Gasteiger charge is -2.25. The normalized spacial score (nSPS) is 11.5. The molecule has 0 radical (unpaired) electrons. The van der Waals surface area contributed by atoms with Gasteiger partial charge in [-0.1, -0.05) is 0 Å². The second-order valence-corrected chi connectivity index (χ2v) is 4.08. The van der Waals surface area contributed by atoms with E-state index in [0.717, 1.165) is 0 Å². The Labute approximate surface area is 91.2 Å². The van der Waals surface area contributed by atoms with Crippen molar-refractivity contribution < 1.29 is 14.6 Å². The van der Waals surface area contributed by atoms with Crippen molar-refractivity contribution in [1.82, 2.24) is 10.6 Å². The number of amides is 1. The molecule has 0 aromatic carbocycles. The number of carbonyl (C=O) groups excluding carboxylic acids is 1. The number of methoxy groups -OCH3 is 1. The minimum absolute atomic E-state index is 0.0652. The maximum atomic E-state index is 11.4. The van der Waals surface area contributed by atoms with Gasteiger partial charge in [0.15, 0.2) is 0 Å². The molecule has 0 saturated heterocycles. The second-order valence-electron chi connectivity index (χ2n) is 4.08. The van der Waals surface area contributed by atoms with Crippen molar-refractivity contribution in [1.29, 1.82) is 0 Å². The van der Waals surface area contributed by atoms with Gasteiger partial charge in [0.25, 0.3) is 0 Å². The molecule has 0 aromatic heterocycles. The highest BCUT2D eigenvalue weighted by Gasteiger charge is 2.18. The van der Waals surface area contributed by atoms with Crippen molar-refractivity contribution >= 4 is 5.91 Å². The van der Waals surface area contributed by atoms with Crippen LogP contribution < -0.4 is 10.6 Å². The average Bonchev–Trinajstić information content (AvgIpc) is 2.11. The number of rotatable bonds is 8. The quantitative estimate of drug-likeness (QED) is 0.480. The van der Waals surface area contributed by atoms with E-state index in [0.29, 0.717) is 19.6 Å². The van der Waals surface area contributed by atoms with Crippen LogP contribution in [0.4, 0.5) is 0 Å². The van der Waals surface area contributed by atoms with Crippen LogP contribution in [0.5, 0.6) is 0 Å². The topological polar surface area (TPSA) is 70.6 Å². The van der Waals surface area contributed by atoms with Crippen molar-refractivity contribution in [2.24, 2.45) is 0 Å². The molecule has 3 N–H and O–H groups in total. The van der Waals surface area contributed by atoms with Crippen molar-refractivity contribution in [2.75, 3.05) is 33.4 Å². The SMILES string of the molecule is COCCNCC(=O)NC(C)(C)CCO. The summed E-state index contributed by atoms with van der Waals surface area (Å²) >= 11 is 0. The van der Waals surface area contributed by atoms with Gasteiger partial charge in [-0.05, 0) is 20.3 Å². The average molecular weight is 218 g/mol. The highest BCUT2D eigenvalue weighted by atomic mass is 16.5. The van der Waals surface area contributed by atoms with Crippen LogP contribution in [0.1, 0.15) is 20.3 Å². The Morgan fingerprint density at radius 3 is 2.67 bits per heavy atom. The number of nitrogens with one attached hydrogen (secondary N) is 2. The van der Waals surface area contributed by atoms with E-state index in [-0.39, 0.29) is 24.6 Å². The van der Waals surface area contributed by atoms with Crippen LogP contribution in [0.15, 0.2) is 0 Å². The highest BCUT2D eigenvalue weighted by molar-refractivity contribution is 5.78. The van der Waals surface area contributed by atoms with Crippen LogP contribution in [0.2, 0.25) is 0 Å². The monoisotopic (exact) mass is 218 g/mol. The first-order valence-corrected chi connectivity index (χ1v) is 5.13. The molecule has 0 saturated carbocycles. The van der Waals surface area contributed by atoms with Crippen LogP contribution in [-0.2, 0) is 9.53 Å². The summed E-state index contributed by atoms with van der Waals surface area (Å²) in [7, 11) is 1.62. The number of aliphatic hydroxyl groups is 1. The smallest absolute Gasteiger partial charge is 0.234 e. The van der Waals surface area contributed by atoms with E-state index in [4.69, 9.17) is 9.84 Å². The summed E-state index contributed by atoms with van der Waals surface area (Å²) in [6.07, 6.45) is 0.552. The highest BCUT2D eigenvalue weighted by Crippen LogP contribution is 2.06. The van der Waals surface area contributed by atoms with E-state index in [1.165, 1.54) is 0 Å². The Bertz CT molecular complexity index is 184. The molecule has 0 unspecified atom stereocenters. The van der Waals surface area contributed by atoms with E-state index in [9.17, 15) is 4.79 Å². The third kappa shape index (κ3) is 8.35. The Morgan fingerprint density at radius 2 is 2.13 bits per heavy atom. The van der Waals surface area contributed by atoms with Crippen molar-refractivity contribution in [3.63, 3.8) is 0 Å². The molecule has 0 bridgehead atoms. The van der Waals surface area contributed by atoms with Gasteiger partial charge in [0.1, 0.15) is 0 Å². The molecule has 0 rings (SSSR count). The number of ether oxygens (including phenoxy) is 1. The lowest BCUT2D eigenvalue weighted by atomic mass is 10.0. The van der Waals surface area contributed by atoms with Crippen molar-refractivity contribution in [3.8, 4) is 0 Å². The fourth-order valence-electron chi connectivity index (χ4n) is 1.14. The van der Waals surface area contributed by atoms with Crippen LogP contribution in [0, 0.1) is 0 Å². The van der Waals surface area contributed by atoms with E-state index in [1.54, 1.807) is 7.11 Å². The zero-order chi connectivity index (χ0) is 11.7. The zero-order valence-electron chi connectivity index (χ0n) is 9.80. The minimum atomic E-state index is -0.352. The molecule has 0 heterocycles. The lowest BCUT2D eigenvalue weighted by Crippen LogP contribution is -2.47. The van der Waals surface area contributed by atoms with Gasteiger partial charge in [-0.25, -0.2) is 0 Å². The van der Waals surface area contributed by atoms with Gasteiger partial charge in [-0.3, -0.25) is 4.79 Å². The van der Waals surface area contributed by atoms with Crippen molar-refractivity contribution in [3.05, 3.63) is 0 Å². The summed E-state index contributed by atoms with van der Waals surface area (Å²) < 4.78 is 4.84. The van der Waals surface area contributed by atoms with E-state index < -0.39 is 0 Å². The second kappa shape index (κ2) is 7.62. The molecular formula is C10H22N2O3. The van der Waals surface area contributed by atoms with Gasteiger partial charge in [-0.2, -0.15) is 0 Å². The Morgan fingerprint density at radius 1 is 1.47 bits per heavy atom. The molecule has 0 aliphatic rings. The van der Waals surface area contributed by atoms with Gasteiger partial charge in [0.2, 0.25) is 5.91 Å². The first-order valence-electron chi connectivity index (χ1n) is 5.13. The Hall–Kier alpha value is -0.650. The fraction of sp³-hybridized carbons (Fsp3) is 0.900. The zero-order valence-corrected chi connectivity index (χ0v) is 9.80. The molecule has 0 aromatic rings. The number of hydrogen-bond acceptors (Lipinski definition) is 4. The van der Waals surface area contributed by atoms with Crippen LogP contribution >= 0.6 is 0 Å². The minimum Gasteiger partial charge on any atom is -0.396 e. The number of carbonyl (C=O) groups is 1. The largest absolute Gasteiger partial charge is 0.396 e. The van der Waals surface area contributed by atoms with Gasteiger partial charge >= 0.3 is 0 Å². The van der Waals surface area contributed by atoms with E-state index in [2.05, 4.69) is 10.6 Å². The summed E-state index contributed by atoms with van der Waals surface area (Å²) in [5, 5.41) is 14.6. The van der Waals surface area contributed by atoms with E-state index >= 15 is 0 Å². The number of aliphatic hydroxyl groups excluding tert-OH is 1. The van der Waals surface area contributed by atoms with Crippen LogP contribution in [0.25, 0.3) is 0 Å². The lowest BCUT2D eigenvalue weighted by molar-refractivity contribution is -0.122. The summed E-state index contributed by atoms with van der Waals surface area (Å²) in [5.41, 5.74) is -0.352. The molecule has 0 spiro atoms. The van der Waals surface area contributed by atoms with Crippen LogP contribution in [-0.4, -0.2) is 50.0 Å². The summed E-state index contributed by atoms with van der Waals surface area (Å²) in [6.45, 7) is 5.37. The molecule has 5 nitrogen and oxygen atoms in total. The molecule has 0 fully saturated rings. The third-order valence-corrected chi connectivity index (χ3v) is 1.98. The Kier molecular flexibility index (Phi) is 7.29. The summed E-state index contributed by atoms with van der Waals surface area (Å²) in [6, 6.07) is 0. The first-order chi connectivity index (χ1) is 7.02. The van der Waals surface area contributed by atoms with E-state index in [1.807, 2.05) is 13.8 Å². The third-order valence-electron chi connectivity index (χ3n) is 1.98. The van der Waals surface area contributed by atoms with Gasteiger partial charge in [-0.15, -0.1) is 0 Å². The molecule has 0 atom stereocenters. The molecule has 15 heavy (non-hydrogen) atoms. The molecular weight excluding hydrogens is 196 g/mol. The fourth-order valence-corrected chi connectivity index (χ4v) is 1.14. The first kappa shape index (κ1) is 14.3. The molecule has 1 amide bonds. The summed E-state index contributed by atoms with van der Waals surface area (Å²) in [4.78, 5) is 11.4.